The van der Waals surface area contributed by atoms with Crippen molar-refractivity contribution >= 4 is 21.7 Å². The number of ether oxygens (including phenoxy) is 1. The van der Waals surface area contributed by atoms with Gasteiger partial charge in [-0.2, -0.15) is 0 Å². The third kappa shape index (κ3) is 5.12. The highest BCUT2D eigenvalue weighted by Crippen LogP contribution is 2.22. The smallest absolute Gasteiger partial charge is 0.319 e. The molecule has 0 aliphatic rings. The van der Waals surface area contributed by atoms with Crippen molar-refractivity contribution in [2.45, 2.75) is 0 Å². The number of amides is 2. The normalized spacial score (nSPS) is 11.4. The van der Waals surface area contributed by atoms with E-state index >= 15 is 0 Å². The van der Waals surface area contributed by atoms with Crippen LogP contribution in [0.2, 0.25) is 0 Å². The largest absolute Gasteiger partial charge is 0.497 e. The van der Waals surface area contributed by atoms with Crippen molar-refractivity contribution in [2.24, 2.45) is 0 Å². The average Bonchev–Trinajstić information content (AvgIpc) is 3.08. The van der Waals surface area contributed by atoms with Crippen LogP contribution in [0.4, 0.5) is 10.5 Å². The van der Waals surface area contributed by atoms with Crippen molar-refractivity contribution in [1.29, 1.82) is 0 Å². The summed E-state index contributed by atoms with van der Waals surface area (Å²) in [5, 5.41) is 16.0. The molecule has 0 saturated carbocycles. The SMILES string of the molecule is COc1cc(NC(=O)NCCS(=O)(=O)N(C)C)cc(-n2cnnn2)c1. The van der Waals surface area contributed by atoms with Crippen LogP contribution >= 0.6 is 0 Å². The van der Waals surface area contributed by atoms with Crippen LogP contribution in [0.15, 0.2) is 24.5 Å². The lowest BCUT2D eigenvalue weighted by molar-refractivity contribution is 0.252. The van der Waals surface area contributed by atoms with E-state index in [1.165, 1.54) is 32.2 Å². The van der Waals surface area contributed by atoms with Gasteiger partial charge in [-0.3, -0.25) is 0 Å². The molecule has 0 aliphatic carbocycles. The molecular weight excluding hydrogens is 350 g/mol. The van der Waals surface area contributed by atoms with Crippen LogP contribution in [-0.4, -0.2) is 72.5 Å². The molecule has 2 aromatic rings. The molecule has 1 aromatic carbocycles. The van der Waals surface area contributed by atoms with E-state index in [-0.39, 0.29) is 12.3 Å². The number of urea groups is 1. The van der Waals surface area contributed by atoms with E-state index in [0.717, 1.165) is 4.31 Å². The molecule has 136 valence electrons. The van der Waals surface area contributed by atoms with Crippen molar-refractivity contribution in [3.8, 4) is 11.4 Å². The van der Waals surface area contributed by atoms with Crippen LogP contribution in [-0.2, 0) is 10.0 Å². The summed E-state index contributed by atoms with van der Waals surface area (Å²) in [6.45, 7) is -0.0177. The first-order chi connectivity index (χ1) is 11.8. The van der Waals surface area contributed by atoms with E-state index in [9.17, 15) is 13.2 Å². The molecule has 0 spiro atoms. The third-order valence-corrected chi connectivity index (χ3v) is 5.03. The second-order valence-electron chi connectivity index (χ2n) is 5.15. The standard InChI is InChI=1S/C13H19N7O4S/c1-19(2)25(22,23)5-4-14-13(21)16-10-6-11(8-12(7-10)24-3)20-9-15-17-18-20/h6-9H,4-5H2,1-3H3,(H2,14,16,21). The number of carbonyl (C=O) groups excluding carboxylic acids is 1. The maximum Gasteiger partial charge on any atom is 0.319 e. The molecule has 1 heterocycles. The van der Waals surface area contributed by atoms with Gasteiger partial charge in [0.25, 0.3) is 0 Å². The number of carbonyl (C=O) groups is 1. The Morgan fingerprint density at radius 1 is 1.32 bits per heavy atom. The highest BCUT2D eigenvalue weighted by Gasteiger charge is 2.14. The molecule has 0 unspecified atom stereocenters. The van der Waals surface area contributed by atoms with Crippen molar-refractivity contribution in [1.82, 2.24) is 29.8 Å². The first-order valence-corrected chi connectivity index (χ1v) is 8.80. The van der Waals surface area contributed by atoms with E-state index in [1.807, 2.05) is 0 Å². The van der Waals surface area contributed by atoms with Crippen molar-refractivity contribution in [2.75, 3.05) is 38.8 Å². The molecule has 0 saturated heterocycles. The van der Waals surface area contributed by atoms with E-state index in [1.54, 1.807) is 18.2 Å². The molecule has 0 bridgehead atoms. The van der Waals surface area contributed by atoms with Gasteiger partial charge < -0.3 is 15.4 Å². The summed E-state index contributed by atoms with van der Waals surface area (Å²) < 4.78 is 31.0. The summed E-state index contributed by atoms with van der Waals surface area (Å²) in [6.07, 6.45) is 1.41. The number of rotatable bonds is 7. The van der Waals surface area contributed by atoms with Gasteiger partial charge in [-0.15, -0.1) is 5.10 Å². The van der Waals surface area contributed by atoms with Crippen LogP contribution in [0, 0.1) is 0 Å². The maximum absolute atomic E-state index is 11.9. The van der Waals surface area contributed by atoms with Gasteiger partial charge in [0, 0.05) is 38.5 Å². The van der Waals surface area contributed by atoms with Crippen molar-refractivity contribution < 1.29 is 17.9 Å². The fraction of sp³-hybridized carbons (Fsp3) is 0.385. The molecule has 11 nitrogen and oxygen atoms in total. The predicted molar refractivity (Wildman–Crippen MR) is 90.2 cm³/mol. The van der Waals surface area contributed by atoms with E-state index in [0.29, 0.717) is 17.1 Å². The van der Waals surface area contributed by atoms with E-state index in [2.05, 4.69) is 26.2 Å². The summed E-state index contributed by atoms with van der Waals surface area (Å²) in [5.41, 5.74) is 1.03. The number of hydrogen-bond acceptors (Lipinski definition) is 7. The Balaban J connectivity index is 2.02. The zero-order chi connectivity index (χ0) is 18.4. The summed E-state index contributed by atoms with van der Waals surface area (Å²) in [7, 11) is 1.000. The molecule has 2 amide bonds. The second kappa shape index (κ2) is 7.90. The number of sulfonamides is 1. The number of nitrogens with zero attached hydrogens (tertiary/aromatic N) is 5. The molecule has 0 aliphatic heterocycles. The zero-order valence-electron chi connectivity index (χ0n) is 14.0. The van der Waals surface area contributed by atoms with Crippen molar-refractivity contribution in [3.63, 3.8) is 0 Å². The quantitative estimate of drug-likeness (QED) is 0.684. The Morgan fingerprint density at radius 2 is 2.08 bits per heavy atom. The number of benzene rings is 1. The summed E-state index contributed by atoms with van der Waals surface area (Å²) in [6, 6.07) is 4.42. The Bertz CT molecular complexity index is 821. The van der Waals surface area contributed by atoms with Crippen LogP contribution < -0.4 is 15.4 Å². The first kappa shape index (κ1) is 18.6. The monoisotopic (exact) mass is 369 g/mol. The first-order valence-electron chi connectivity index (χ1n) is 7.19. The topological polar surface area (TPSA) is 131 Å². The van der Waals surface area contributed by atoms with Crippen LogP contribution in [0.3, 0.4) is 0 Å². The Morgan fingerprint density at radius 3 is 2.68 bits per heavy atom. The van der Waals surface area contributed by atoms with E-state index in [4.69, 9.17) is 4.74 Å². The molecule has 1 aromatic heterocycles. The van der Waals surface area contributed by atoms with Gasteiger partial charge in [-0.25, -0.2) is 22.2 Å². The predicted octanol–water partition coefficient (Wildman–Crippen LogP) is -0.316. The van der Waals surface area contributed by atoms with Crippen LogP contribution in [0.25, 0.3) is 5.69 Å². The van der Waals surface area contributed by atoms with Gasteiger partial charge in [0.1, 0.15) is 12.1 Å². The molecule has 0 atom stereocenters. The summed E-state index contributed by atoms with van der Waals surface area (Å²) in [4.78, 5) is 11.9. The average molecular weight is 369 g/mol. The fourth-order valence-electron chi connectivity index (χ4n) is 1.84. The van der Waals surface area contributed by atoms with Crippen molar-refractivity contribution in [3.05, 3.63) is 24.5 Å². The number of aromatic nitrogens is 4. The lowest BCUT2D eigenvalue weighted by Gasteiger charge is -2.13. The fourth-order valence-corrected chi connectivity index (χ4v) is 2.56. The molecule has 0 radical (unpaired) electrons. The zero-order valence-corrected chi connectivity index (χ0v) is 14.8. The minimum atomic E-state index is -3.37. The van der Waals surface area contributed by atoms with Crippen LogP contribution in [0.5, 0.6) is 5.75 Å². The van der Waals surface area contributed by atoms with E-state index < -0.39 is 16.1 Å². The van der Waals surface area contributed by atoms with Crippen LogP contribution in [0.1, 0.15) is 0 Å². The number of anilines is 1. The number of methoxy groups -OCH3 is 1. The number of tetrazole rings is 1. The van der Waals surface area contributed by atoms with Gasteiger partial charge >= 0.3 is 6.03 Å². The Labute approximate surface area is 145 Å². The Kier molecular flexibility index (Phi) is 5.88. The second-order valence-corrected chi connectivity index (χ2v) is 7.46. The highest BCUT2D eigenvalue weighted by atomic mass is 32.2. The molecular formula is C13H19N7O4S. The lowest BCUT2D eigenvalue weighted by Crippen LogP contribution is -2.36. The van der Waals surface area contributed by atoms with Gasteiger partial charge in [0.05, 0.1) is 18.6 Å². The lowest BCUT2D eigenvalue weighted by atomic mass is 10.2. The minimum Gasteiger partial charge on any atom is -0.497 e. The van der Waals surface area contributed by atoms with Gasteiger partial charge in [0.2, 0.25) is 10.0 Å². The minimum absolute atomic E-state index is 0.0177. The van der Waals surface area contributed by atoms with Gasteiger partial charge in [0.15, 0.2) is 0 Å². The Hall–Kier alpha value is -2.73. The summed E-state index contributed by atoms with van der Waals surface area (Å²) in [5.74, 6) is 0.306. The third-order valence-electron chi connectivity index (χ3n) is 3.20. The molecule has 2 rings (SSSR count). The maximum atomic E-state index is 11.9. The number of hydrogen-bond donors (Lipinski definition) is 2. The molecule has 12 heteroatoms. The van der Waals surface area contributed by atoms with Gasteiger partial charge in [-0.05, 0) is 16.5 Å². The number of nitrogens with one attached hydrogen (secondary N) is 2. The van der Waals surface area contributed by atoms with Gasteiger partial charge in [-0.1, -0.05) is 0 Å². The molecule has 25 heavy (non-hydrogen) atoms. The highest BCUT2D eigenvalue weighted by molar-refractivity contribution is 7.89. The molecule has 0 fully saturated rings. The molecule has 2 N–H and O–H groups in total. The summed E-state index contributed by atoms with van der Waals surface area (Å²) >= 11 is 0.